The lowest BCUT2D eigenvalue weighted by Gasteiger charge is -2.16. The van der Waals surface area contributed by atoms with E-state index in [1.165, 1.54) is 52.8 Å². The average molecular weight is 294 g/mol. The summed E-state index contributed by atoms with van der Waals surface area (Å²) >= 11 is 1.95. The maximum atomic E-state index is 2.33. The predicted octanol–water partition coefficient (Wildman–Crippen LogP) is 6.16. The van der Waals surface area contributed by atoms with Crippen molar-refractivity contribution >= 4 is 22.7 Å². The number of fused-ring (bicyclic) bond motifs is 1. The summed E-state index contributed by atoms with van der Waals surface area (Å²) < 4.78 is 0. The van der Waals surface area contributed by atoms with Crippen LogP contribution in [0.3, 0.4) is 0 Å². The van der Waals surface area contributed by atoms with Crippen LogP contribution in [0.5, 0.6) is 0 Å². The normalized spacial score (nSPS) is 13.7. The lowest BCUT2D eigenvalue weighted by atomic mass is 10.0. The van der Waals surface area contributed by atoms with Gasteiger partial charge in [0.2, 0.25) is 0 Å². The van der Waals surface area contributed by atoms with E-state index in [2.05, 4.69) is 61.5 Å². The quantitative estimate of drug-likeness (QED) is 0.595. The third-order valence-corrected chi connectivity index (χ3v) is 5.15. The molecule has 0 N–H and O–H groups in total. The van der Waals surface area contributed by atoms with Crippen LogP contribution in [-0.4, -0.2) is 0 Å². The highest BCUT2D eigenvalue weighted by molar-refractivity contribution is 8.07. The zero-order valence-corrected chi connectivity index (χ0v) is 13.5. The van der Waals surface area contributed by atoms with Crippen molar-refractivity contribution in [3.63, 3.8) is 0 Å². The highest BCUT2D eigenvalue weighted by Crippen LogP contribution is 2.38. The Labute approximate surface area is 132 Å². The summed E-state index contributed by atoms with van der Waals surface area (Å²) in [4.78, 5) is 1.40. The van der Waals surface area contributed by atoms with Crippen molar-refractivity contribution in [1.29, 1.82) is 0 Å². The first kappa shape index (κ1) is 14.5. The fourth-order valence-electron chi connectivity index (χ4n) is 2.73. The molecule has 0 nitrogen and oxygen atoms in total. The molecule has 0 aliphatic carbocycles. The van der Waals surface area contributed by atoms with Gasteiger partial charge in [0.25, 0.3) is 0 Å². The summed E-state index contributed by atoms with van der Waals surface area (Å²) in [5.74, 6) is 1.08. The first-order chi connectivity index (χ1) is 10.4. The van der Waals surface area contributed by atoms with Gasteiger partial charge in [0.05, 0.1) is 0 Å². The van der Waals surface area contributed by atoms with E-state index in [4.69, 9.17) is 0 Å². The van der Waals surface area contributed by atoms with Gasteiger partial charge in [0.15, 0.2) is 0 Å². The minimum Gasteiger partial charge on any atom is -0.121 e. The van der Waals surface area contributed by atoms with Gasteiger partial charge in [0.1, 0.15) is 0 Å². The Hall–Kier alpha value is -1.47. The Bertz CT molecular complexity index is 623. The number of benzene rings is 2. The van der Waals surface area contributed by atoms with Gasteiger partial charge in [-0.15, -0.1) is 11.8 Å². The molecule has 0 aromatic heterocycles. The molecule has 0 amide bonds. The molecule has 0 unspecified atom stereocenters. The molecule has 1 aliphatic heterocycles. The average Bonchev–Trinajstić information content (AvgIpc) is 2.55. The molecule has 0 radical (unpaired) electrons. The van der Waals surface area contributed by atoms with E-state index >= 15 is 0 Å². The van der Waals surface area contributed by atoms with Gasteiger partial charge in [0, 0.05) is 10.7 Å². The second kappa shape index (κ2) is 7.00. The predicted molar refractivity (Wildman–Crippen MR) is 95.3 cm³/mol. The van der Waals surface area contributed by atoms with Crippen molar-refractivity contribution in [2.24, 2.45) is 0 Å². The zero-order chi connectivity index (χ0) is 14.5. The lowest BCUT2D eigenvalue weighted by Crippen LogP contribution is -1.94. The van der Waals surface area contributed by atoms with Crippen LogP contribution in [0.2, 0.25) is 0 Å². The van der Waals surface area contributed by atoms with Gasteiger partial charge < -0.3 is 0 Å². The van der Waals surface area contributed by atoms with E-state index in [9.17, 15) is 0 Å². The number of rotatable bonds is 5. The maximum absolute atomic E-state index is 2.33. The third kappa shape index (κ3) is 3.59. The molecular formula is C20H22S. The number of hydrogen-bond acceptors (Lipinski definition) is 1. The van der Waals surface area contributed by atoms with Crippen molar-refractivity contribution in [2.45, 2.75) is 38.4 Å². The molecule has 0 bridgehead atoms. The molecule has 2 aromatic rings. The number of thioether (sulfide) groups is 1. The summed E-state index contributed by atoms with van der Waals surface area (Å²) in [6, 6.07) is 17.9. The van der Waals surface area contributed by atoms with Crippen LogP contribution in [0.15, 0.2) is 48.5 Å². The molecule has 1 heterocycles. The molecule has 1 heteroatoms. The van der Waals surface area contributed by atoms with Gasteiger partial charge >= 0.3 is 0 Å². The Kier molecular flexibility index (Phi) is 4.82. The summed E-state index contributed by atoms with van der Waals surface area (Å²) in [6.07, 6.45) is 7.47. The van der Waals surface area contributed by atoms with E-state index in [0.717, 1.165) is 5.75 Å². The largest absolute Gasteiger partial charge is 0.121 e. The summed E-state index contributed by atoms with van der Waals surface area (Å²) in [6.45, 7) is 2.26. The van der Waals surface area contributed by atoms with E-state index in [1.807, 2.05) is 11.8 Å². The summed E-state index contributed by atoms with van der Waals surface area (Å²) in [7, 11) is 0. The molecule has 0 atom stereocenters. The first-order valence-corrected chi connectivity index (χ1v) is 8.87. The molecule has 0 saturated carbocycles. The number of aryl methyl sites for hydroxylation is 1. The first-order valence-electron chi connectivity index (χ1n) is 7.88. The van der Waals surface area contributed by atoms with Gasteiger partial charge in [-0.1, -0.05) is 68.3 Å². The van der Waals surface area contributed by atoms with Crippen molar-refractivity contribution in [3.05, 3.63) is 70.8 Å². The van der Waals surface area contributed by atoms with E-state index in [1.54, 1.807) is 0 Å². The zero-order valence-electron chi connectivity index (χ0n) is 12.6. The standard InChI is InChI=1S/C20H22S/c1-2-3-4-7-16-10-12-17(13-11-16)20-14-18-8-5-6-9-19(18)15-21-20/h5-6,8-14H,2-4,7,15H2,1H3. The van der Waals surface area contributed by atoms with Crippen LogP contribution >= 0.6 is 11.8 Å². The minimum absolute atomic E-state index is 1.08. The maximum Gasteiger partial charge on any atom is 0.0238 e. The van der Waals surface area contributed by atoms with E-state index in [-0.39, 0.29) is 0 Å². The Balaban J connectivity index is 1.74. The molecule has 3 rings (SSSR count). The number of hydrogen-bond donors (Lipinski definition) is 0. The Morgan fingerprint density at radius 3 is 2.57 bits per heavy atom. The van der Waals surface area contributed by atoms with Crippen molar-refractivity contribution in [3.8, 4) is 0 Å². The molecule has 2 aromatic carbocycles. The summed E-state index contributed by atoms with van der Waals surface area (Å²) in [5, 5.41) is 0. The molecule has 0 saturated heterocycles. The lowest BCUT2D eigenvalue weighted by molar-refractivity contribution is 0.717. The van der Waals surface area contributed by atoms with Gasteiger partial charge in [-0.05, 0) is 41.2 Å². The Morgan fingerprint density at radius 2 is 1.76 bits per heavy atom. The van der Waals surface area contributed by atoms with Crippen molar-refractivity contribution < 1.29 is 0 Å². The highest BCUT2D eigenvalue weighted by atomic mass is 32.2. The SMILES string of the molecule is CCCCCc1ccc(C2=Cc3ccccc3CS2)cc1. The second-order valence-corrected chi connectivity index (χ2v) is 6.67. The fourth-order valence-corrected chi connectivity index (χ4v) is 3.81. The monoisotopic (exact) mass is 294 g/mol. The minimum atomic E-state index is 1.08. The van der Waals surface area contributed by atoms with Crippen LogP contribution in [0.1, 0.15) is 48.4 Å². The van der Waals surface area contributed by atoms with E-state index < -0.39 is 0 Å². The Morgan fingerprint density at radius 1 is 0.952 bits per heavy atom. The second-order valence-electron chi connectivity index (χ2n) is 5.65. The van der Waals surface area contributed by atoms with Crippen molar-refractivity contribution in [1.82, 2.24) is 0 Å². The third-order valence-electron chi connectivity index (χ3n) is 4.03. The smallest absolute Gasteiger partial charge is 0.0238 e. The van der Waals surface area contributed by atoms with E-state index in [0.29, 0.717) is 0 Å². The van der Waals surface area contributed by atoms with Crippen LogP contribution in [-0.2, 0) is 12.2 Å². The molecule has 1 aliphatic rings. The van der Waals surface area contributed by atoms with Crippen LogP contribution in [0, 0.1) is 0 Å². The van der Waals surface area contributed by atoms with Gasteiger partial charge in [-0.25, -0.2) is 0 Å². The molecule has 0 fully saturated rings. The van der Waals surface area contributed by atoms with Crippen LogP contribution < -0.4 is 0 Å². The molecule has 21 heavy (non-hydrogen) atoms. The molecule has 0 spiro atoms. The van der Waals surface area contributed by atoms with Crippen LogP contribution in [0.4, 0.5) is 0 Å². The van der Waals surface area contributed by atoms with Gasteiger partial charge in [-0.2, -0.15) is 0 Å². The highest BCUT2D eigenvalue weighted by Gasteiger charge is 2.11. The summed E-state index contributed by atoms with van der Waals surface area (Å²) in [5.41, 5.74) is 5.64. The number of unbranched alkanes of at least 4 members (excludes halogenated alkanes) is 2. The van der Waals surface area contributed by atoms with Crippen LogP contribution in [0.25, 0.3) is 11.0 Å². The van der Waals surface area contributed by atoms with Gasteiger partial charge in [-0.3, -0.25) is 0 Å². The molecule has 108 valence electrons. The topological polar surface area (TPSA) is 0 Å². The van der Waals surface area contributed by atoms with Crippen molar-refractivity contribution in [2.75, 3.05) is 0 Å². The molecular weight excluding hydrogens is 272 g/mol. The fraction of sp³-hybridized carbons (Fsp3) is 0.300.